The summed E-state index contributed by atoms with van der Waals surface area (Å²) in [5, 5.41) is 3.71. The van der Waals surface area contributed by atoms with Crippen molar-refractivity contribution < 1.29 is 9.21 Å². The summed E-state index contributed by atoms with van der Waals surface area (Å²) in [4.78, 5) is 26.8. The summed E-state index contributed by atoms with van der Waals surface area (Å²) in [6, 6.07) is 8.82. The Bertz CT molecular complexity index is 795. The first kappa shape index (κ1) is 19.5. The van der Waals surface area contributed by atoms with Gasteiger partial charge in [0.1, 0.15) is 11.1 Å². The van der Waals surface area contributed by atoms with E-state index in [0.29, 0.717) is 12.1 Å². The van der Waals surface area contributed by atoms with E-state index < -0.39 is 5.63 Å². The molecule has 0 spiro atoms. The lowest BCUT2D eigenvalue weighted by Crippen LogP contribution is -2.54. The molecular weight excluding hydrogens is 340 g/mol. The number of fused-ring (bicyclic) bond motifs is 1. The fourth-order valence-electron chi connectivity index (χ4n) is 3.55. The van der Waals surface area contributed by atoms with Gasteiger partial charge < -0.3 is 14.6 Å². The highest BCUT2D eigenvalue weighted by molar-refractivity contribution is 5.96. The van der Waals surface area contributed by atoms with E-state index in [-0.39, 0.29) is 29.4 Å². The van der Waals surface area contributed by atoms with Crippen molar-refractivity contribution in [3.05, 3.63) is 46.3 Å². The predicted octanol–water partition coefficient (Wildman–Crippen LogP) is 3.21. The van der Waals surface area contributed by atoms with E-state index in [2.05, 4.69) is 24.3 Å². The van der Waals surface area contributed by atoms with Gasteiger partial charge in [-0.3, -0.25) is 4.79 Å². The van der Waals surface area contributed by atoms with Crippen molar-refractivity contribution in [2.24, 2.45) is 0 Å². The number of halogens is 1. The van der Waals surface area contributed by atoms with Crippen molar-refractivity contribution in [3.8, 4) is 0 Å². The normalized spacial score (nSPS) is 16.4. The number of amides is 1. The van der Waals surface area contributed by atoms with Gasteiger partial charge in [0.25, 0.3) is 5.91 Å². The van der Waals surface area contributed by atoms with Crippen LogP contribution in [0.15, 0.2) is 39.5 Å². The van der Waals surface area contributed by atoms with Crippen LogP contribution in [-0.4, -0.2) is 37.0 Å². The van der Waals surface area contributed by atoms with Gasteiger partial charge >= 0.3 is 5.63 Å². The van der Waals surface area contributed by atoms with Crippen LogP contribution in [0.25, 0.3) is 11.0 Å². The Hall–Kier alpha value is -1.85. The fourth-order valence-corrected chi connectivity index (χ4v) is 3.55. The number of nitrogens with zero attached hydrogens (tertiary/aromatic N) is 1. The van der Waals surface area contributed by atoms with Crippen LogP contribution in [0.1, 0.15) is 42.5 Å². The molecule has 1 aliphatic carbocycles. The molecule has 1 fully saturated rings. The highest BCUT2D eigenvalue weighted by atomic mass is 35.5. The van der Waals surface area contributed by atoms with E-state index in [4.69, 9.17) is 4.42 Å². The minimum Gasteiger partial charge on any atom is -0.422 e. The summed E-state index contributed by atoms with van der Waals surface area (Å²) in [5.41, 5.74) is -0.0476. The number of hydrogen-bond acceptors (Lipinski definition) is 4. The lowest BCUT2D eigenvalue weighted by Gasteiger charge is -2.43. The second-order valence-electron chi connectivity index (χ2n) is 6.85. The molecule has 1 heterocycles. The van der Waals surface area contributed by atoms with E-state index in [9.17, 15) is 9.59 Å². The molecule has 2 aromatic rings. The molecule has 0 radical (unpaired) electrons. The monoisotopic (exact) mass is 364 g/mol. The third-order valence-corrected chi connectivity index (χ3v) is 5.20. The minimum absolute atomic E-state index is 0. The first-order valence-electron chi connectivity index (χ1n) is 8.50. The second-order valence-corrected chi connectivity index (χ2v) is 6.85. The van der Waals surface area contributed by atoms with Crippen LogP contribution in [0.3, 0.4) is 0 Å². The van der Waals surface area contributed by atoms with Gasteiger partial charge in [-0.2, -0.15) is 0 Å². The first-order chi connectivity index (χ1) is 11.5. The first-order valence-corrected chi connectivity index (χ1v) is 8.50. The van der Waals surface area contributed by atoms with Crippen LogP contribution in [-0.2, 0) is 0 Å². The van der Waals surface area contributed by atoms with E-state index in [1.807, 2.05) is 12.1 Å². The Kier molecular flexibility index (Phi) is 6.25. The molecule has 1 saturated carbocycles. The zero-order valence-corrected chi connectivity index (χ0v) is 15.5. The molecule has 1 amide bonds. The topological polar surface area (TPSA) is 62.6 Å². The van der Waals surface area contributed by atoms with Gasteiger partial charge in [-0.25, -0.2) is 4.79 Å². The van der Waals surface area contributed by atoms with Gasteiger partial charge in [-0.15, -0.1) is 12.4 Å². The molecule has 0 saturated heterocycles. The number of carbonyl (C=O) groups is 1. The molecule has 1 aliphatic rings. The number of likely N-dealkylation sites (N-methyl/N-ethyl adjacent to an activating group) is 1. The minimum atomic E-state index is -0.589. The van der Waals surface area contributed by atoms with Crippen LogP contribution in [0, 0.1) is 0 Å². The van der Waals surface area contributed by atoms with Crippen molar-refractivity contribution in [3.63, 3.8) is 0 Å². The third kappa shape index (κ3) is 4.05. The number of nitrogens with one attached hydrogen (secondary N) is 1. The summed E-state index contributed by atoms with van der Waals surface area (Å²) < 4.78 is 5.25. The van der Waals surface area contributed by atoms with Crippen LogP contribution in [0.5, 0.6) is 0 Å². The summed E-state index contributed by atoms with van der Waals surface area (Å²) >= 11 is 0. The Morgan fingerprint density at radius 1 is 1.20 bits per heavy atom. The van der Waals surface area contributed by atoms with E-state index in [0.717, 1.165) is 18.2 Å². The Balaban J connectivity index is 0.00000225. The Morgan fingerprint density at radius 2 is 1.88 bits per heavy atom. The zero-order valence-electron chi connectivity index (χ0n) is 14.7. The highest BCUT2D eigenvalue weighted by Gasteiger charge is 2.34. The van der Waals surface area contributed by atoms with Crippen molar-refractivity contribution in [1.82, 2.24) is 10.2 Å². The number of benzene rings is 1. The molecule has 0 unspecified atom stereocenters. The van der Waals surface area contributed by atoms with Crippen molar-refractivity contribution in [1.29, 1.82) is 0 Å². The van der Waals surface area contributed by atoms with Gasteiger partial charge in [-0.1, -0.05) is 37.5 Å². The number of para-hydroxylation sites is 1. The second kappa shape index (κ2) is 8.02. The fraction of sp³-hybridized carbons (Fsp3) is 0.474. The summed E-state index contributed by atoms with van der Waals surface area (Å²) in [7, 11) is 4.11. The van der Waals surface area contributed by atoms with E-state index in [1.54, 1.807) is 18.2 Å². The zero-order chi connectivity index (χ0) is 17.2. The van der Waals surface area contributed by atoms with Crippen LogP contribution >= 0.6 is 12.4 Å². The molecule has 3 rings (SSSR count). The SMILES string of the molecule is CN(C)C1(CNC(=O)c2cc3ccccc3oc2=O)CCCCC1.Cl. The van der Waals surface area contributed by atoms with Crippen LogP contribution in [0.4, 0.5) is 0 Å². The molecule has 0 bridgehead atoms. The third-order valence-electron chi connectivity index (χ3n) is 5.20. The predicted molar refractivity (Wildman–Crippen MR) is 102 cm³/mol. The molecule has 0 aliphatic heterocycles. The smallest absolute Gasteiger partial charge is 0.349 e. The Labute approximate surface area is 153 Å². The van der Waals surface area contributed by atoms with Gasteiger partial charge in [0, 0.05) is 17.5 Å². The standard InChI is InChI=1S/C19H24N2O3.ClH/c1-21(2)19(10-6-3-7-11-19)13-20-17(22)15-12-14-8-4-5-9-16(14)24-18(15)23;/h4-5,8-9,12H,3,6-7,10-11,13H2,1-2H3,(H,20,22);1H. The van der Waals surface area contributed by atoms with Crippen LogP contribution in [0.2, 0.25) is 0 Å². The van der Waals surface area contributed by atoms with Crippen molar-refractivity contribution in [2.75, 3.05) is 20.6 Å². The maximum absolute atomic E-state index is 12.5. The quantitative estimate of drug-likeness (QED) is 0.846. The molecule has 1 aromatic carbocycles. The lowest BCUT2D eigenvalue weighted by molar-refractivity contribution is 0.0797. The summed E-state index contributed by atoms with van der Waals surface area (Å²) in [6.45, 7) is 0.547. The van der Waals surface area contributed by atoms with Gasteiger partial charge in [0.15, 0.2) is 0 Å². The van der Waals surface area contributed by atoms with Gasteiger partial charge in [0.05, 0.1) is 0 Å². The molecule has 136 valence electrons. The number of hydrogen-bond donors (Lipinski definition) is 1. The van der Waals surface area contributed by atoms with Gasteiger partial charge in [-0.05, 0) is 39.1 Å². The molecule has 5 nitrogen and oxygen atoms in total. The summed E-state index contributed by atoms with van der Waals surface area (Å²) in [6.07, 6.45) is 5.72. The molecule has 25 heavy (non-hydrogen) atoms. The molecule has 1 aromatic heterocycles. The van der Waals surface area contributed by atoms with Crippen molar-refractivity contribution in [2.45, 2.75) is 37.6 Å². The maximum atomic E-state index is 12.5. The largest absolute Gasteiger partial charge is 0.422 e. The average Bonchev–Trinajstić information content (AvgIpc) is 2.59. The van der Waals surface area contributed by atoms with Crippen molar-refractivity contribution >= 4 is 29.3 Å². The molecule has 6 heteroatoms. The van der Waals surface area contributed by atoms with E-state index >= 15 is 0 Å². The molecular formula is C19H25ClN2O3. The average molecular weight is 365 g/mol. The highest BCUT2D eigenvalue weighted by Crippen LogP contribution is 2.31. The lowest BCUT2D eigenvalue weighted by atomic mass is 9.80. The van der Waals surface area contributed by atoms with Crippen LogP contribution < -0.4 is 10.9 Å². The number of carbonyl (C=O) groups excluding carboxylic acids is 1. The Morgan fingerprint density at radius 3 is 2.56 bits per heavy atom. The number of rotatable bonds is 4. The molecule has 0 atom stereocenters. The van der Waals surface area contributed by atoms with Gasteiger partial charge in [0.2, 0.25) is 0 Å². The summed E-state index contributed by atoms with van der Waals surface area (Å²) in [5.74, 6) is -0.360. The maximum Gasteiger partial charge on any atom is 0.349 e. The molecule has 1 N–H and O–H groups in total. The van der Waals surface area contributed by atoms with E-state index in [1.165, 1.54) is 19.3 Å².